The quantitative estimate of drug-likeness (QED) is 0.289. The van der Waals surface area contributed by atoms with Crippen LogP contribution in [0.5, 0.6) is 5.75 Å². The van der Waals surface area contributed by atoms with Gasteiger partial charge in [0.25, 0.3) is 0 Å². The van der Waals surface area contributed by atoms with Crippen LogP contribution in [0, 0.1) is 11.5 Å². The molecule has 3 rings (SSSR count). The number of benzene rings is 1. The number of para-hydroxylation sites is 1. The molecule has 1 aliphatic rings. The van der Waals surface area contributed by atoms with Crippen molar-refractivity contribution in [1.29, 1.82) is 5.26 Å². The number of nitrogens with one attached hydrogen (secondary N) is 2. The highest BCUT2D eigenvalue weighted by Crippen LogP contribution is 2.20. The normalized spacial score (nSPS) is 13.3. The summed E-state index contributed by atoms with van der Waals surface area (Å²) < 4.78 is 5.57. The number of rotatable bonds is 5. The molecule has 2 N–H and O–H groups in total. The van der Waals surface area contributed by atoms with E-state index in [4.69, 9.17) is 10.00 Å². The second-order valence-corrected chi connectivity index (χ2v) is 5.78. The highest BCUT2D eigenvalue weighted by atomic mass is 16.5. The zero-order valence-electron chi connectivity index (χ0n) is 14.0. The molecule has 0 saturated carbocycles. The van der Waals surface area contributed by atoms with Crippen molar-refractivity contribution in [2.24, 2.45) is 4.99 Å². The molecule has 0 unspecified atom stereocenters. The number of aliphatic imine (C=N–C) groups is 1. The summed E-state index contributed by atoms with van der Waals surface area (Å²) >= 11 is 0. The number of hydrogen-bond acceptors (Lipinski definition) is 5. The molecular weight excluding hydrogens is 314 g/mol. The predicted octanol–water partition coefficient (Wildman–Crippen LogP) is 2.88. The van der Waals surface area contributed by atoms with Gasteiger partial charge in [0.05, 0.1) is 0 Å². The van der Waals surface area contributed by atoms with Crippen LogP contribution in [0.2, 0.25) is 0 Å². The Bertz CT molecular complexity index is 767. The van der Waals surface area contributed by atoms with Crippen LogP contribution in [0.25, 0.3) is 0 Å². The first-order valence-electron chi connectivity index (χ1n) is 8.50. The van der Waals surface area contributed by atoms with Gasteiger partial charge in [-0.2, -0.15) is 5.26 Å². The maximum Gasteiger partial charge on any atom is 0.303 e. The predicted molar refractivity (Wildman–Crippen MR) is 97.5 cm³/mol. The summed E-state index contributed by atoms with van der Waals surface area (Å²) in [6.45, 7) is 1.55. The number of ether oxygens (including phenoxy) is 1. The van der Waals surface area contributed by atoms with Gasteiger partial charge >= 0.3 is 6.02 Å². The summed E-state index contributed by atoms with van der Waals surface area (Å²) in [6, 6.07) is 13.7. The van der Waals surface area contributed by atoms with E-state index in [1.54, 1.807) is 0 Å². The van der Waals surface area contributed by atoms with E-state index in [-0.39, 0.29) is 6.02 Å². The van der Waals surface area contributed by atoms with Crippen LogP contribution in [0.4, 0.5) is 5.82 Å². The van der Waals surface area contributed by atoms with Crippen LogP contribution < -0.4 is 15.4 Å². The molecular formula is C19H21N5O. The summed E-state index contributed by atoms with van der Waals surface area (Å²) in [7, 11) is 0. The minimum absolute atomic E-state index is 0.216. The van der Waals surface area contributed by atoms with Gasteiger partial charge in [-0.25, -0.2) is 15.3 Å². The van der Waals surface area contributed by atoms with Crippen molar-refractivity contribution in [2.75, 3.05) is 18.4 Å². The number of aromatic nitrogens is 1. The third-order valence-electron chi connectivity index (χ3n) is 3.92. The van der Waals surface area contributed by atoms with Gasteiger partial charge in [0.2, 0.25) is 0 Å². The SMILES string of the molecule is N#CNC(=NCCCc1ccc2c(n1)NCCC2)Oc1ccccc1. The van der Waals surface area contributed by atoms with E-state index in [0.717, 1.165) is 37.3 Å². The lowest BCUT2D eigenvalue weighted by molar-refractivity contribution is 0.525. The van der Waals surface area contributed by atoms with Crippen LogP contribution in [-0.4, -0.2) is 24.1 Å². The van der Waals surface area contributed by atoms with E-state index in [2.05, 4.69) is 32.7 Å². The van der Waals surface area contributed by atoms with Crippen molar-refractivity contribution in [1.82, 2.24) is 10.3 Å². The molecule has 1 aromatic heterocycles. The van der Waals surface area contributed by atoms with Gasteiger partial charge in [-0.05, 0) is 49.4 Å². The number of fused-ring (bicyclic) bond motifs is 1. The van der Waals surface area contributed by atoms with Crippen LogP contribution >= 0.6 is 0 Å². The Morgan fingerprint density at radius 2 is 2.16 bits per heavy atom. The largest absolute Gasteiger partial charge is 0.425 e. The van der Waals surface area contributed by atoms with Crippen LogP contribution in [0.15, 0.2) is 47.5 Å². The van der Waals surface area contributed by atoms with E-state index >= 15 is 0 Å². The fourth-order valence-corrected chi connectivity index (χ4v) is 2.69. The number of nitrogens with zero attached hydrogens (tertiary/aromatic N) is 3. The summed E-state index contributed by atoms with van der Waals surface area (Å²) in [4.78, 5) is 9.00. The molecule has 0 saturated heterocycles. The van der Waals surface area contributed by atoms with Gasteiger partial charge in [0, 0.05) is 18.8 Å². The molecule has 1 aliphatic heterocycles. The number of anilines is 1. The molecule has 0 bridgehead atoms. The molecule has 0 atom stereocenters. The molecule has 6 heteroatoms. The average molecular weight is 335 g/mol. The topological polar surface area (TPSA) is 82.3 Å². The van der Waals surface area contributed by atoms with Crippen LogP contribution in [0.3, 0.4) is 0 Å². The van der Waals surface area contributed by atoms with E-state index in [9.17, 15) is 0 Å². The molecule has 0 aliphatic carbocycles. The fraction of sp³-hybridized carbons (Fsp3) is 0.316. The van der Waals surface area contributed by atoms with E-state index in [1.165, 1.54) is 12.0 Å². The Balaban J connectivity index is 1.53. The molecule has 1 aromatic carbocycles. The first kappa shape index (κ1) is 16.8. The molecule has 25 heavy (non-hydrogen) atoms. The zero-order chi connectivity index (χ0) is 17.3. The molecule has 0 radical (unpaired) electrons. The highest BCUT2D eigenvalue weighted by molar-refractivity contribution is 5.77. The second kappa shape index (κ2) is 8.69. The van der Waals surface area contributed by atoms with Gasteiger partial charge in [-0.3, -0.25) is 0 Å². The van der Waals surface area contributed by atoms with Crippen LogP contribution in [-0.2, 0) is 12.8 Å². The van der Waals surface area contributed by atoms with Crippen LogP contribution in [0.1, 0.15) is 24.1 Å². The standard InChI is InChI=1S/C19H21N5O/c20-14-23-19(25-17-8-2-1-3-9-17)22-13-5-7-16-11-10-15-6-4-12-21-18(15)24-16/h1-3,8-11H,4-7,12-13H2,(H,21,24)(H,22,23). The summed E-state index contributed by atoms with van der Waals surface area (Å²) in [5.74, 6) is 1.66. The molecule has 2 heterocycles. The minimum atomic E-state index is 0.216. The van der Waals surface area contributed by atoms with Gasteiger partial charge < -0.3 is 10.1 Å². The van der Waals surface area contributed by atoms with Crippen molar-refractivity contribution in [3.8, 4) is 11.9 Å². The van der Waals surface area contributed by atoms with Crippen molar-refractivity contribution in [2.45, 2.75) is 25.7 Å². The minimum Gasteiger partial charge on any atom is -0.425 e. The van der Waals surface area contributed by atoms with Crippen molar-refractivity contribution >= 4 is 11.8 Å². The average Bonchev–Trinajstić information content (AvgIpc) is 2.66. The third-order valence-corrected chi connectivity index (χ3v) is 3.92. The molecule has 6 nitrogen and oxygen atoms in total. The maximum absolute atomic E-state index is 8.82. The zero-order valence-corrected chi connectivity index (χ0v) is 14.0. The Morgan fingerprint density at radius 3 is 3.00 bits per heavy atom. The fourth-order valence-electron chi connectivity index (χ4n) is 2.69. The highest BCUT2D eigenvalue weighted by Gasteiger charge is 2.10. The summed E-state index contributed by atoms with van der Waals surface area (Å²) in [5, 5.41) is 14.7. The van der Waals surface area contributed by atoms with Gasteiger partial charge in [-0.1, -0.05) is 24.3 Å². The Hall–Kier alpha value is -3.07. The van der Waals surface area contributed by atoms with E-state index in [0.29, 0.717) is 12.3 Å². The smallest absolute Gasteiger partial charge is 0.303 e. The van der Waals surface area contributed by atoms with Crippen molar-refractivity contribution < 1.29 is 4.74 Å². The maximum atomic E-state index is 8.82. The van der Waals surface area contributed by atoms with E-state index in [1.807, 2.05) is 36.5 Å². The number of amidine groups is 1. The number of aryl methyl sites for hydroxylation is 2. The Labute approximate surface area is 147 Å². The Morgan fingerprint density at radius 1 is 1.28 bits per heavy atom. The first-order valence-corrected chi connectivity index (χ1v) is 8.50. The molecule has 0 amide bonds. The summed E-state index contributed by atoms with van der Waals surface area (Å²) in [6.07, 6.45) is 5.79. The lowest BCUT2D eigenvalue weighted by Crippen LogP contribution is -2.24. The molecule has 128 valence electrons. The number of hydrogen-bond donors (Lipinski definition) is 2. The van der Waals surface area contributed by atoms with Gasteiger partial charge in [0.15, 0.2) is 6.19 Å². The van der Waals surface area contributed by atoms with Crippen molar-refractivity contribution in [3.63, 3.8) is 0 Å². The van der Waals surface area contributed by atoms with E-state index < -0.39 is 0 Å². The summed E-state index contributed by atoms with van der Waals surface area (Å²) in [5.41, 5.74) is 2.35. The molecule has 0 spiro atoms. The number of nitriles is 1. The number of pyridine rings is 1. The van der Waals surface area contributed by atoms with Gasteiger partial charge in [-0.15, -0.1) is 0 Å². The van der Waals surface area contributed by atoms with Gasteiger partial charge in [0.1, 0.15) is 11.6 Å². The Kier molecular flexibility index (Phi) is 5.83. The van der Waals surface area contributed by atoms with Crippen molar-refractivity contribution in [3.05, 3.63) is 53.7 Å². The lowest BCUT2D eigenvalue weighted by atomic mass is 10.1. The molecule has 2 aromatic rings. The third kappa shape index (κ3) is 4.95. The lowest BCUT2D eigenvalue weighted by Gasteiger charge is -2.17. The first-order chi connectivity index (χ1) is 12.3. The second-order valence-electron chi connectivity index (χ2n) is 5.78. The monoisotopic (exact) mass is 335 g/mol. The molecule has 0 fully saturated rings.